The summed E-state index contributed by atoms with van der Waals surface area (Å²) in [6.07, 6.45) is -0.510. The van der Waals surface area contributed by atoms with E-state index in [0.29, 0.717) is 12.5 Å². The van der Waals surface area contributed by atoms with E-state index in [1.54, 1.807) is 7.11 Å². The van der Waals surface area contributed by atoms with E-state index in [4.69, 9.17) is 19.2 Å². The molecule has 1 aromatic heterocycles. The molecule has 4 rings (SSSR count). The number of aliphatic imine (C=N–C) groups is 1. The molecule has 0 saturated heterocycles. The average molecular weight is 394 g/mol. The summed E-state index contributed by atoms with van der Waals surface area (Å²) in [6.45, 7) is 4.53. The predicted octanol–water partition coefficient (Wildman–Crippen LogP) is 3.93. The second-order valence-electron chi connectivity index (χ2n) is 7.09. The lowest BCUT2D eigenvalue weighted by Gasteiger charge is -2.39. The lowest BCUT2D eigenvalue weighted by molar-refractivity contribution is 0.0336. The van der Waals surface area contributed by atoms with Gasteiger partial charge in [-0.3, -0.25) is 5.01 Å². The number of anilines is 1. The number of aromatic amines is 1. The van der Waals surface area contributed by atoms with Crippen molar-refractivity contribution in [3.8, 4) is 11.5 Å². The van der Waals surface area contributed by atoms with Crippen LogP contribution in [0, 0.1) is 6.92 Å². The number of hydrogen-bond acceptors (Lipinski definition) is 6. The molecule has 1 aliphatic heterocycles. The number of rotatable bonds is 5. The minimum atomic E-state index is -0.510. The summed E-state index contributed by atoms with van der Waals surface area (Å²) in [4.78, 5) is 8.09. The van der Waals surface area contributed by atoms with Gasteiger partial charge in [0.05, 0.1) is 18.4 Å². The molecular weight excluding hydrogens is 368 g/mol. The van der Waals surface area contributed by atoms with Crippen LogP contribution in [-0.2, 0) is 4.74 Å². The fraction of sp³-hybridized carbons (Fsp3) is 0.318. The van der Waals surface area contributed by atoms with Crippen LogP contribution in [0.15, 0.2) is 47.5 Å². The van der Waals surface area contributed by atoms with Gasteiger partial charge in [-0.15, -0.1) is 0 Å². The van der Waals surface area contributed by atoms with Crippen molar-refractivity contribution < 1.29 is 14.2 Å². The Balaban J connectivity index is 1.77. The maximum Gasteiger partial charge on any atom is 0.245 e. The zero-order chi connectivity index (χ0) is 20.5. The summed E-state index contributed by atoms with van der Waals surface area (Å²) in [5.74, 6) is 1.96. The molecule has 0 saturated carbocycles. The lowest BCUT2D eigenvalue weighted by atomic mass is 10.1. The van der Waals surface area contributed by atoms with Gasteiger partial charge in [-0.05, 0) is 56.3 Å². The zero-order valence-corrected chi connectivity index (χ0v) is 17.4. The van der Waals surface area contributed by atoms with Crippen molar-refractivity contribution in [1.29, 1.82) is 0 Å². The first kappa shape index (κ1) is 19.3. The van der Waals surface area contributed by atoms with Gasteiger partial charge in [-0.1, -0.05) is 0 Å². The van der Waals surface area contributed by atoms with E-state index in [0.717, 1.165) is 39.3 Å². The number of aromatic nitrogens is 1. The average Bonchev–Trinajstić information content (AvgIpc) is 3.07. The van der Waals surface area contributed by atoms with E-state index < -0.39 is 6.35 Å². The summed E-state index contributed by atoms with van der Waals surface area (Å²) in [6, 6.07) is 13.9. The molecule has 0 radical (unpaired) electrons. The Kier molecular flexibility index (Phi) is 5.17. The Hall–Kier alpha value is -3.03. The van der Waals surface area contributed by atoms with E-state index in [9.17, 15) is 0 Å². The molecule has 7 nitrogen and oxygen atoms in total. The molecule has 1 unspecified atom stereocenters. The first-order valence-electron chi connectivity index (χ1n) is 9.61. The van der Waals surface area contributed by atoms with E-state index in [1.807, 2.05) is 74.4 Å². The normalized spacial score (nSPS) is 16.1. The van der Waals surface area contributed by atoms with E-state index in [-0.39, 0.29) is 0 Å². The van der Waals surface area contributed by atoms with Crippen molar-refractivity contribution >= 4 is 22.5 Å². The number of benzene rings is 2. The summed E-state index contributed by atoms with van der Waals surface area (Å²) in [5, 5.41) is 5.04. The number of ether oxygens (including phenoxy) is 3. The van der Waals surface area contributed by atoms with Crippen molar-refractivity contribution in [3.05, 3.63) is 53.7 Å². The standard InChI is InChI=1S/C22H26N4O3/c1-6-28-22-24-21(29-17-7-9-19-15(12-17)11-14(2)23-19)18-13-16(27-5)8-10-20(18)26(22)25(3)4/h7-13,22-23H,6H2,1-5H3. The SMILES string of the molecule is CCOC1N=C(Oc2ccc3[nH]c(C)cc3c2)c2cc(OC)ccc2N1N(C)C. The highest BCUT2D eigenvalue weighted by Gasteiger charge is 2.31. The third kappa shape index (κ3) is 3.66. The molecule has 0 amide bonds. The minimum Gasteiger partial charge on any atom is -0.497 e. The highest BCUT2D eigenvalue weighted by molar-refractivity contribution is 6.03. The maximum absolute atomic E-state index is 6.26. The molecule has 0 bridgehead atoms. The van der Waals surface area contributed by atoms with Crippen LogP contribution in [0.25, 0.3) is 10.9 Å². The summed E-state index contributed by atoms with van der Waals surface area (Å²) in [7, 11) is 5.57. The Labute approximate surface area is 170 Å². The molecule has 1 N–H and O–H groups in total. The fourth-order valence-electron chi connectivity index (χ4n) is 3.54. The largest absolute Gasteiger partial charge is 0.497 e. The van der Waals surface area contributed by atoms with Gasteiger partial charge in [-0.2, -0.15) is 4.99 Å². The highest BCUT2D eigenvalue weighted by atomic mass is 16.5. The third-order valence-corrected chi connectivity index (χ3v) is 4.81. The van der Waals surface area contributed by atoms with Gasteiger partial charge in [0.1, 0.15) is 11.5 Å². The second-order valence-corrected chi connectivity index (χ2v) is 7.09. The fourth-order valence-corrected chi connectivity index (χ4v) is 3.54. The maximum atomic E-state index is 6.26. The number of aryl methyl sites for hydroxylation is 1. The molecule has 152 valence electrons. The number of methoxy groups -OCH3 is 1. The molecule has 0 fully saturated rings. The van der Waals surface area contributed by atoms with E-state index in [1.165, 1.54) is 0 Å². The Bertz CT molecular complexity index is 1060. The van der Waals surface area contributed by atoms with Gasteiger partial charge in [0, 0.05) is 37.3 Å². The quantitative estimate of drug-likeness (QED) is 0.711. The summed E-state index contributed by atoms with van der Waals surface area (Å²) in [5.41, 5.74) is 3.98. The van der Waals surface area contributed by atoms with Crippen LogP contribution in [-0.4, -0.2) is 50.1 Å². The molecule has 2 heterocycles. The molecule has 29 heavy (non-hydrogen) atoms. The second kappa shape index (κ2) is 7.77. The first-order chi connectivity index (χ1) is 14.0. The Morgan fingerprint density at radius 2 is 1.90 bits per heavy atom. The topological polar surface area (TPSA) is 62.3 Å². The Morgan fingerprint density at radius 1 is 1.10 bits per heavy atom. The van der Waals surface area contributed by atoms with Gasteiger partial charge in [-0.25, -0.2) is 5.01 Å². The monoisotopic (exact) mass is 394 g/mol. The number of H-pyrrole nitrogens is 1. The number of hydrazine groups is 1. The zero-order valence-electron chi connectivity index (χ0n) is 17.4. The highest BCUT2D eigenvalue weighted by Crippen LogP contribution is 2.34. The summed E-state index contributed by atoms with van der Waals surface area (Å²) < 4.78 is 17.6. The molecule has 1 atom stereocenters. The number of nitrogens with one attached hydrogen (secondary N) is 1. The van der Waals surface area contributed by atoms with Crippen molar-refractivity contribution in [2.24, 2.45) is 4.99 Å². The summed E-state index contributed by atoms with van der Waals surface area (Å²) >= 11 is 0. The van der Waals surface area contributed by atoms with Crippen molar-refractivity contribution in [2.75, 3.05) is 32.8 Å². The molecule has 2 aromatic carbocycles. The molecule has 0 aliphatic carbocycles. The molecule has 3 aromatic rings. The predicted molar refractivity (Wildman–Crippen MR) is 115 cm³/mol. The molecule has 7 heteroatoms. The number of hydrogen-bond donors (Lipinski definition) is 1. The van der Waals surface area contributed by atoms with Crippen molar-refractivity contribution in [2.45, 2.75) is 20.2 Å². The number of fused-ring (bicyclic) bond motifs is 2. The lowest BCUT2D eigenvalue weighted by Crippen LogP contribution is -2.49. The van der Waals surface area contributed by atoms with Crippen LogP contribution in [0.5, 0.6) is 11.5 Å². The van der Waals surface area contributed by atoms with Gasteiger partial charge in [0.25, 0.3) is 0 Å². The van der Waals surface area contributed by atoms with Gasteiger partial charge in [0.15, 0.2) is 0 Å². The van der Waals surface area contributed by atoms with Gasteiger partial charge < -0.3 is 19.2 Å². The Morgan fingerprint density at radius 3 is 2.62 bits per heavy atom. The van der Waals surface area contributed by atoms with Crippen LogP contribution in [0.2, 0.25) is 0 Å². The van der Waals surface area contributed by atoms with E-state index in [2.05, 4.69) is 11.1 Å². The molecule has 0 spiro atoms. The van der Waals surface area contributed by atoms with Crippen LogP contribution >= 0.6 is 0 Å². The van der Waals surface area contributed by atoms with Crippen molar-refractivity contribution in [3.63, 3.8) is 0 Å². The molecule has 1 aliphatic rings. The number of nitrogens with zero attached hydrogens (tertiary/aromatic N) is 3. The first-order valence-corrected chi connectivity index (χ1v) is 9.61. The van der Waals surface area contributed by atoms with Crippen LogP contribution < -0.4 is 14.5 Å². The van der Waals surface area contributed by atoms with Crippen LogP contribution in [0.4, 0.5) is 5.69 Å². The van der Waals surface area contributed by atoms with Gasteiger partial charge in [0.2, 0.25) is 12.2 Å². The van der Waals surface area contributed by atoms with Crippen molar-refractivity contribution in [1.82, 2.24) is 9.99 Å². The smallest absolute Gasteiger partial charge is 0.245 e. The van der Waals surface area contributed by atoms with Gasteiger partial charge >= 0.3 is 0 Å². The van der Waals surface area contributed by atoms with E-state index >= 15 is 0 Å². The van der Waals surface area contributed by atoms with Crippen LogP contribution in [0.1, 0.15) is 18.2 Å². The molecular formula is C22H26N4O3. The van der Waals surface area contributed by atoms with Crippen LogP contribution in [0.3, 0.4) is 0 Å². The third-order valence-electron chi connectivity index (χ3n) is 4.81. The minimum absolute atomic E-state index is 0.502.